The van der Waals surface area contributed by atoms with Crippen molar-refractivity contribution < 1.29 is 9.53 Å². The lowest BCUT2D eigenvalue weighted by Crippen LogP contribution is -2.30. The number of aryl methyl sites for hydroxylation is 1. The van der Waals surface area contributed by atoms with Crippen molar-refractivity contribution in [3.63, 3.8) is 0 Å². The largest absolute Gasteiger partial charge is 0.383 e. The zero-order valence-corrected chi connectivity index (χ0v) is 11.2. The molecule has 0 radical (unpaired) electrons. The van der Waals surface area contributed by atoms with Crippen LogP contribution in [0.4, 0.5) is 0 Å². The van der Waals surface area contributed by atoms with Crippen molar-refractivity contribution in [1.29, 1.82) is 0 Å². The Balaban J connectivity index is 2.09. The lowest BCUT2D eigenvalue weighted by molar-refractivity contribution is -0.121. The summed E-state index contributed by atoms with van der Waals surface area (Å²) in [4.78, 5) is 11.4. The molecule has 1 rings (SSSR count). The monoisotopic (exact) mass is 253 g/mol. The van der Waals surface area contributed by atoms with Gasteiger partial charge in [-0.2, -0.15) is 0 Å². The number of methoxy groups -OCH3 is 1. The number of carbonyl (C=O) groups excluding carboxylic acids is 1. The molecule has 0 fully saturated rings. The second-order valence-corrected chi connectivity index (χ2v) is 4.06. The van der Waals surface area contributed by atoms with Crippen LogP contribution in [-0.4, -0.2) is 37.3 Å². The van der Waals surface area contributed by atoms with Gasteiger partial charge in [0.25, 0.3) is 0 Å². The van der Waals surface area contributed by atoms with E-state index in [0.717, 1.165) is 13.1 Å². The van der Waals surface area contributed by atoms with Gasteiger partial charge in [-0.05, 0) is 19.1 Å². The quantitative estimate of drug-likeness (QED) is 0.639. The van der Waals surface area contributed by atoms with Gasteiger partial charge in [-0.15, -0.1) is 0 Å². The minimum atomic E-state index is 0.0606. The number of hydrogen-bond donors (Lipinski definition) is 2. The van der Waals surface area contributed by atoms with Crippen LogP contribution in [-0.2, 0) is 22.6 Å². The predicted octanol–water partition coefficient (Wildman–Crippen LogP) is 0.750. The van der Waals surface area contributed by atoms with Crippen molar-refractivity contribution in [2.45, 2.75) is 26.4 Å². The number of ether oxygens (including phenoxy) is 1. The summed E-state index contributed by atoms with van der Waals surface area (Å²) in [6.45, 7) is 5.71. The molecular weight excluding hydrogens is 230 g/mol. The van der Waals surface area contributed by atoms with Gasteiger partial charge in [0.2, 0.25) is 5.91 Å². The molecule has 0 unspecified atom stereocenters. The van der Waals surface area contributed by atoms with Gasteiger partial charge in [0.15, 0.2) is 0 Å². The molecule has 0 bridgehead atoms. The normalized spacial score (nSPS) is 10.6. The maximum absolute atomic E-state index is 11.4. The van der Waals surface area contributed by atoms with E-state index >= 15 is 0 Å². The van der Waals surface area contributed by atoms with Crippen LogP contribution in [0.1, 0.15) is 19.0 Å². The molecule has 0 spiro atoms. The van der Waals surface area contributed by atoms with E-state index in [4.69, 9.17) is 4.74 Å². The van der Waals surface area contributed by atoms with E-state index in [-0.39, 0.29) is 5.91 Å². The van der Waals surface area contributed by atoms with E-state index in [0.29, 0.717) is 26.1 Å². The zero-order chi connectivity index (χ0) is 13.2. The van der Waals surface area contributed by atoms with Gasteiger partial charge in [0, 0.05) is 51.6 Å². The van der Waals surface area contributed by atoms with E-state index in [2.05, 4.69) is 34.4 Å². The first-order valence-corrected chi connectivity index (χ1v) is 6.38. The smallest absolute Gasteiger partial charge is 0.221 e. The van der Waals surface area contributed by atoms with Crippen LogP contribution in [0.2, 0.25) is 0 Å². The van der Waals surface area contributed by atoms with Crippen LogP contribution in [0.3, 0.4) is 0 Å². The van der Waals surface area contributed by atoms with Crippen LogP contribution in [0.15, 0.2) is 18.3 Å². The summed E-state index contributed by atoms with van der Waals surface area (Å²) in [6, 6.07) is 4.13. The Kier molecular flexibility index (Phi) is 7.13. The van der Waals surface area contributed by atoms with Gasteiger partial charge in [-0.3, -0.25) is 4.79 Å². The molecule has 5 nitrogen and oxygen atoms in total. The Morgan fingerprint density at radius 2 is 2.28 bits per heavy atom. The summed E-state index contributed by atoms with van der Waals surface area (Å²) in [5.74, 6) is 0.0606. The summed E-state index contributed by atoms with van der Waals surface area (Å²) in [5.41, 5.74) is 1.25. The van der Waals surface area contributed by atoms with Crippen molar-refractivity contribution in [3.8, 4) is 0 Å². The van der Waals surface area contributed by atoms with E-state index in [9.17, 15) is 4.79 Å². The highest BCUT2D eigenvalue weighted by atomic mass is 16.5. The topological polar surface area (TPSA) is 55.3 Å². The van der Waals surface area contributed by atoms with Crippen molar-refractivity contribution >= 4 is 5.91 Å². The fraction of sp³-hybridized carbons (Fsp3) is 0.615. The van der Waals surface area contributed by atoms with Crippen LogP contribution >= 0.6 is 0 Å². The molecule has 1 amide bonds. The van der Waals surface area contributed by atoms with Crippen LogP contribution in [0.25, 0.3) is 0 Å². The van der Waals surface area contributed by atoms with Crippen molar-refractivity contribution in [3.05, 3.63) is 24.0 Å². The average molecular weight is 253 g/mol. The van der Waals surface area contributed by atoms with Gasteiger partial charge in [0.05, 0.1) is 6.61 Å². The van der Waals surface area contributed by atoms with Crippen LogP contribution in [0.5, 0.6) is 0 Å². The highest BCUT2D eigenvalue weighted by Crippen LogP contribution is 2.01. The maximum atomic E-state index is 11.4. The number of carbonyl (C=O) groups is 1. The van der Waals surface area contributed by atoms with Gasteiger partial charge < -0.3 is 19.9 Å². The standard InChI is InChI=1S/C13H23N3O2/c1-3-16-9-4-5-12(16)11-14-7-6-13(17)15-8-10-18-2/h4-5,9,14H,3,6-8,10-11H2,1-2H3,(H,15,17). The summed E-state index contributed by atoms with van der Waals surface area (Å²) in [5, 5.41) is 6.06. The molecule has 0 aliphatic carbocycles. The first-order chi connectivity index (χ1) is 8.77. The number of rotatable bonds is 9. The molecule has 0 saturated carbocycles. The van der Waals surface area contributed by atoms with Gasteiger partial charge in [0.1, 0.15) is 0 Å². The molecule has 18 heavy (non-hydrogen) atoms. The number of amides is 1. The van der Waals surface area contributed by atoms with E-state index in [1.807, 2.05) is 6.07 Å². The Bertz CT molecular complexity index is 350. The number of nitrogens with one attached hydrogen (secondary N) is 2. The Morgan fingerprint density at radius 1 is 1.44 bits per heavy atom. The first-order valence-electron chi connectivity index (χ1n) is 6.38. The molecule has 0 aliphatic rings. The zero-order valence-electron chi connectivity index (χ0n) is 11.2. The number of hydrogen-bond acceptors (Lipinski definition) is 3. The van der Waals surface area contributed by atoms with Crippen LogP contribution < -0.4 is 10.6 Å². The molecule has 0 atom stereocenters. The highest BCUT2D eigenvalue weighted by molar-refractivity contribution is 5.75. The first kappa shape index (κ1) is 14.7. The summed E-state index contributed by atoms with van der Waals surface area (Å²) in [6.07, 6.45) is 2.56. The molecule has 0 aliphatic heterocycles. The molecular formula is C13H23N3O2. The van der Waals surface area contributed by atoms with E-state index < -0.39 is 0 Å². The van der Waals surface area contributed by atoms with Crippen molar-refractivity contribution in [2.75, 3.05) is 26.8 Å². The third kappa shape index (κ3) is 5.33. The van der Waals surface area contributed by atoms with Crippen LogP contribution in [0, 0.1) is 0 Å². The van der Waals surface area contributed by atoms with E-state index in [1.54, 1.807) is 7.11 Å². The van der Waals surface area contributed by atoms with Crippen molar-refractivity contribution in [1.82, 2.24) is 15.2 Å². The molecule has 1 aromatic heterocycles. The predicted molar refractivity (Wildman–Crippen MR) is 71.3 cm³/mol. The second kappa shape index (κ2) is 8.72. The summed E-state index contributed by atoms with van der Waals surface area (Å²) in [7, 11) is 1.62. The minimum absolute atomic E-state index is 0.0606. The Morgan fingerprint density at radius 3 is 3.00 bits per heavy atom. The van der Waals surface area contributed by atoms with Gasteiger partial charge in [-0.1, -0.05) is 0 Å². The lowest BCUT2D eigenvalue weighted by Gasteiger charge is -2.08. The molecule has 0 saturated heterocycles. The molecule has 0 aromatic carbocycles. The third-order valence-electron chi connectivity index (χ3n) is 2.73. The van der Waals surface area contributed by atoms with Gasteiger partial charge in [-0.25, -0.2) is 0 Å². The molecule has 1 aromatic rings. The number of nitrogens with zero attached hydrogens (tertiary/aromatic N) is 1. The SMILES string of the molecule is CCn1cccc1CNCCC(=O)NCCOC. The maximum Gasteiger partial charge on any atom is 0.221 e. The summed E-state index contributed by atoms with van der Waals surface area (Å²) < 4.78 is 7.05. The Hall–Kier alpha value is -1.33. The average Bonchev–Trinajstić information content (AvgIpc) is 2.82. The fourth-order valence-corrected chi connectivity index (χ4v) is 1.72. The fourth-order valence-electron chi connectivity index (χ4n) is 1.72. The minimum Gasteiger partial charge on any atom is -0.383 e. The molecule has 1 heterocycles. The second-order valence-electron chi connectivity index (χ2n) is 4.06. The lowest BCUT2D eigenvalue weighted by atomic mass is 10.3. The number of aromatic nitrogens is 1. The van der Waals surface area contributed by atoms with Gasteiger partial charge >= 0.3 is 0 Å². The van der Waals surface area contributed by atoms with E-state index in [1.165, 1.54) is 5.69 Å². The van der Waals surface area contributed by atoms with Crippen molar-refractivity contribution in [2.24, 2.45) is 0 Å². The molecule has 5 heteroatoms. The third-order valence-corrected chi connectivity index (χ3v) is 2.73. The highest BCUT2D eigenvalue weighted by Gasteiger charge is 2.01. The summed E-state index contributed by atoms with van der Waals surface area (Å²) >= 11 is 0. The Labute approximate surface area is 109 Å². The molecule has 102 valence electrons. The molecule has 2 N–H and O–H groups in total.